The minimum Gasteiger partial charge on any atom is -0.377 e. The number of carbonyl (C=O) groups is 1. The van der Waals surface area contributed by atoms with E-state index in [2.05, 4.69) is 33.1 Å². The Morgan fingerprint density at radius 2 is 1.96 bits per heavy atom. The standard InChI is InChI=1S/C18H19BrN2O2/c1-13-12-23-11-10-21(13)15-8-6-14(7-9-15)20-18(22)16-4-2-3-5-17(16)19/h2-9,13H,10-12H2,1H3,(H,20,22). The monoisotopic (exact) mass is 374 g/mol. The van der Waals surface area contributed by atoms with Crippen molar-refractivity contribution in [1.82, 2.24) is 0 Å². The Hall–Kier alpha value is -1.85. The highest BCUT2D eigenvalue weighted by Crippen LogP contribution is 2.23. The molecule has 1 aliphatic rings. The summed E-state index contributed by atoms with van der Waals surface area (Å²) in [6, 6.07) is 15.7. The number of hydrogen-bond donors (Lipinski definition) is 1. The Kier molecular flexibility index (Phi) is 4.98. The number of morpholine rings is 1. The topological polar surface area (TPSA) is 41.6 Å². The molecule has 4 nitrogen and oxygen atoms in total. The Balaban J connectivity index is 1.70. The van der Waals surface area contributed by atoms with Crippen molar-refractivity contribution in [3.05, 3.63) is 58.6 Å². The van der Waals surface area contributed by atoms with Gasteiger partial charge in [0.25, 0.3) is 5.91 Å². The highest BCUT2D eigenvalue weighted by atomic mass is 79.9. The Bertz CT molecular complexity index is 688. The zero-order valence-electron chi connectivity index (χ0n) is 13.0. The largest absolute Gasteiger partial charge is 0.377 e. The summed E-state index contributed by atoms with van der Waals surface area (Å²) in [5, 5.41) is 2.93. The van der Waals surface area contributed by atoms with Crippen LogP contribution in [0.4, 0.5) is 11.4 Å². The Labute approximate surface area is 144 Å². The van der Waals surface area contributed by atoms with Crippen LogP contribution in [0.3, 0.4) is 0 Å². The molecule has 1 amide bonds. The normalized spacial score (nSPS) is 17.8. The molecule has 120 valence electrons. The number of rotatable bonds is 3. The van der Waals surface area contributed by atoms with E-state index in [-0.39, 0.29) is 5.91 Å². The molecule has 0 aliphatic carbocycles. The van der Waals surface area contributed by atoms with Crippen molar-refractivity contribution < 1.29 is 9.53 Å². The van der Waals surface area contributed by atoms with Gasteiger partial charge in [-0.1, -0.05) is 12.1 Å². The van der Waals surface area contributed by atoms with E-state index in [0.29, 0.717) is 11.6 Å². The number of nitrogens with zero attached hydrogens (tertiary/aromatic N) is 1. The number of benzene rings is 2. The van der Waals surface area contributed by atoms with Crippen LogP contribution in [0, 0.1) is 0 Å². The third-order valence-electron chi connectivity index (χ3n) is 3.94. The maximum atomic E-state index is 12.3. The van der Waals surface area contributed by atoms with Gasteiger partial charge in [0, 0.05) is 28.4 Å². The van der Waals surface area contributed by atoms with Crippen molar-refractivity contribution in [3.8, 4) is 0 Å². The Morgan fingerprint density at radius 3 is 2.65 bits per heavy atom. The maximum Gasteiger partial charge on any atom is 0.256 e. The number of nitrogens with one attached hydrogen (secondary N) is 1. The predicted octanol–water partition coefficient (Wildman–Crippen LogP) is 3.93. The summed E-state index contributed by atoms with van der Waals surface area (Å²) in [5.41, 5.74) is 2.56. The molecule has 0 saturated carbocycles. The zero-order chi connectivity index (χ0) is 16.2. The van der Waals surface area contributed by atoms with Crippen LogP contribution in [0.15, 0.2) is 53.0 Å². The van der Waals surface area contributed by atoms with Crippen LogP contribution in [0.25, 0.3) is 0 Å². The lowest BCUT2D eigenvalue weighted by Gasteiger charge is -2.35. The lowest BCUT2D eigenvalue weighted by atomic mass is 10.2. The van der Waals surface area contributed by atoms with Gasteiger partial charge in [-0.05, 0) is 59.3 Å². The van der Waals surface area contributed by atoms with E-state index in [9.17, 15) is 4.79 Å². The van der Waals surface area contributed by atoms with Crippen LogP contribution in [0.5, 0.6) is 0 Å². The van der Waals surface area contributed by atoms with Crippen LogP contribution < -0.4 is 10.2 Å². The molecule has 0 aromatic heterocycles. The number of halogens is 1. The van der Waals surface area contributed by atoms with Crippen molar-refractivity contribution in [1.29, 1.82) is 0 Å². The maximum absolute atomic E-state index is 12.3. The van der Waals surface area contributed by atoms with Gasteiger partial charge in [0.15, 0.2) is 0 Å². The average molecular weight is 375 g/mol. The van der Waals surface area contributed by atoms with Gasteiger partial charge in [0.2, 0.25) is 0 Å². The molecule has 5 heteroatoms. The number of hydrogen-bond acceptors (Lipinski definition) is 3. The first-order chi connectivity index (χ1) is 11.1. The van der Waals surface area contributed by atoms with Gasteiger partial charge in [-0.3, -0.25) is 4.79 Å². The summed E-state index contributed by atoms with van der Waals surface area (Å²) in [6.45, 7) is 4.55. The second kappa shape index (κ2) is 7.15. The molecule has 1 unspecified atom stereocenters. The van der Waals surface area contributed by atoms with Gasteiger partial charge in [-0.25, -0.2) is 0 Å². The molecular weight excluding hydrogens is 356 g/mol. The van der Waals surface area contributed by atoms with E-state index in [1.54, 1.807) is 6.07 Å². The fraction of sp³-hybridized carbons (Fsp3) is 0.278. The number of ether oxygens (including phenoxy) is 1. The van der Waals surface area contributed by atoms with E-state index >= 15 is 0 Å². The summed E-state index contributed by atoms with van der Waals surface area (Å²) in [7, 11) is 0. The molecule has 0 spiro atoms. The lowest BCUT2D eigenvalue weighted by Crippen LogP contribution is -2.43. The molecule has 1 aliphatic heterocycles. The molecule has 1 heterocycles. The number of carbonyl (C=O) groups excluding carboxylic acids is 1. The zero-order valence-corrected chi connectivity index (χ0v) is 14.5. The van der Waals surface area contributed by atoms with Gasteiger partial charge in [-0.2, -0.15) is 0 Å². The average Bonchev–Trinajstić information content (AvgIpc) is 2.56. The Morgan fingerprint density at radius 1 is 1.22 bits per heavy atom. The molecule has 1 saturated heterocycles. The molecule has 1 fully saturated rings. The van der Waals surface area contributed by atoms with Crippen LogP contribution in [0.2, 0.25) is 0 Å². The fourth-order valence-corrected chi connectivity index (χ4v) is 3.16. The van der Waals surface area contributed by atoms with E-state index in [0.717, 1.165) is 35.6 Å². The summed E-state index contributed by atoms with van der Waals surface area (Å²) in [5.74, 6) is -0.120. The molecule has 23 heavy (non-hydrogen) atoms. The second-order valence-electron chi connectivity index (χ2n) is 5.60. The van der Waals surface area contributed by atoms with Crippen molar-refractivity contribution in [2.45, 2.75) is 13.0 Å². The summed E-state index contributed by atoms with van der Waals surface area (Å²) in [6.07, 6.45) is 0. The van der Waals surface area contributed by atoms with Crippen LogP contribution >= 0.6 is 15.9 Å². The van der Waals surface area contributed by atoms with Crippen LogP contribution in [-0.4, -0.2) is 31.7 Å². The molecule has 1 atom stereocenters. The van der Waals surface area contributed by atoms with Gasteiger partial charge in [0.1, 0.15) is 0 Å². The lowest BCUT2D eigenvalue weighted by molar-refractivity contribution is 0.0989. The van der Waals surface area contributed by atoms with E-state index in [1.807, 2.05) is 42.5 Å². The van der Waals surface area contributed by atoms with Gasteiger partial charge in [0.05, 0.1) is 18.8 Å². The van der Waals surface area contributed by atoms with E-state index in [1.165, 1.54) is 0 Å². The molecule has 0 bridgehead atoms. The first-order valence-corrected chi connectivity index (χ1v) is 8.45. The molecular formula is C18H19BrN2O2. The highest BCUT2D eigenvalue weighted by Gasteiger charge is 2.19. The minimum atomic E-state index is -0.120. The summed E-state index contributed by atoms with van der Waals surface area (Å²) < 4.78 is 6.26. The molecule has 2 aromatic rings. The third-order valence-corrected chi connectivity index (χ3v) is 4.63. The smallest absolute Gasteiger partial charge is 0.256 e. The van der Waals surface area contributed by atoms with Crippen molar-refractivity contribution >= 4 is 33.2 Å². The molecule has 3 rings (SSSR count). The second-order valence-corrected chi connectivity index (χ2v) is 6.45. The highest BCUT2D eigenvalue weighted by molar-refractivity contribution is 9.10. The summed E-state index contributed by atoms with van der Waals surface area (Å²) in [4.78, 5) is 14.6. The molecule has 2 aromatic carbocycles. The summed E-state index contributed by atoms with van der Waals surface area (Å²) >= 11 is 3.40. The van der Waals surface area contributed by atoms with Crippen LogP contribution in [-0.2, 0) is 4.74 Å². The molecule has 1 N–H and O–H groups in total. The first-order valence-electron chi connectivity index (χ1n) is 7.65. The number of amides is 1. The first kappa shape index (κ1) is 16.0. The quantitative estimate of drug-likeness (QED) is 0.884. The SMILES string of the molecule is CC1COCCN1c1ccc(NC(=O)c2ccccc2Br)cc1. The fourth-order valence-electron chi connectivity index (χ4n) is 2.69. The predicted molar refractivity (Wildman–Crippen MR) is 96.2 cm³/mol. The van der Waals surface area contributed by atoms with Crippen LogP contribution in [0.1, 0.15) is 17.3 Å². The number of anilines is 2. The van der Waals surface area contributed by atoms with Crippen molar-refractivity contribution in [2.75, 3.05) is 30.0 Å². The van der Waals surface area contributed by atoms with E-state index < -0.39 is 0 Å². The van der Waals surface area contributed by atoms with Gasteiger partial charge >= 0.3 is 0 Å². The van der Waals surface area contributed by atoms with Crippen molar-refractivity contribution in [3.63, 3.8) is 0 Å². The van der Waals surface area contributed by atoms with Gasteiger partial charge in [-0.15, -0.1) is 0 Å². The van der Waals surface area contributed by atoms with Gasteiger partial charge < -0.3 is 15.0 Å². The third kappa shape index (κ3) is 3.74. The van der Waals surface area contributed by atoms with E-state index in [4.69, 9.17) is 4.74 Å². The van der Waals surface area contributed by atoms with Crippen molar-refractivity contribution in [2.24, 2.45) is 0 Å². The minimum absolute atomic E-state index is 0.120. The molecule has 0 radical (unpaired) electrons.